The number of aromatic nitrogens is 3. The molecule has 0 aliphatic heterocycles. The van der Waals surface area contributed by atoms with Crippen molar-refractivity contribution >= 4 is 29.3 Å². The molecule has 0 unspecified atom stereocenters. The van der Waals surface area contributed by atoms with Gasteiger partial charge in [-0.1, -0.05) is 41.6 Å². The van der Waals surface area contributed by atoms with Crippen LogP contribution in [0.15, 0.2) is 47.6 Å². The van der Waals surface area contributed by atoms with E-state index in [-0.39, 0.29) is 23.6 Å². The number of carbonyl (C=O) groups excluding carboxylic acids is 2. The van der Waals surface area contributed by atoms with Gasteiger partial charge >= 0.3 is 0 Å². The number of hydrogen-bond donors (Lipinski definition) is 2. The van der Waals surface area contributed by atoms with Gasteiger partial charge < -0.3 is 15.2 Å². The van der Waals surface area contributed by atoms with Crippen LogP contribution in [-0.4, -0.2) is 32.3 Å². The summed E-state index contributed by atoms with van der Waals surface area (Å²) >= 11 is 1.30. The highest BCUT2D eigenvalue weighted by Crippen LogP contribution is 2.21. The molecule has 0 radical (unpaired) electrons. The maximum atomic E-state index is 12.5. The van der Waals surface area contributed by atoms with Crippen LogP contribution in [-0.2, 0) is 11.8 Å². The normalized spacial score (nSPS) is 11.8. The molecule has 1 heterocycles. The number of anilines is 1. The van der Waals surface area contributed by atoms with E-state index >= 15 is 0 Å². The van der Waals surface area contributed by atoms with Crippen molar-refractivity contribution in [2.24, 2.45) is 7.05 Å². The molecule has 0 saturated carbocycles. The molecule has 0 bridgehead atoms. The molecular formula is C23H27N5O2S. The second-order valence-corrected chi connectivity index (χ2v) is 8.56. The summed E-state index contributed by atoms with van der Waals surface area (Å²) in [6.45, 7) is 7.76. The average molecular weight is 438 g/mol. The molecule has 1 atom stereocenters. The topological polar surface area (TPSA) is 88.9 Å². The van der Waals surface area contributed by atoms with Crippen LogP contribution in [0.25, 0.3) is 0 Å². The SMILES string of the molecule is Cc1cccc(C(=O)N[C@@H](C)c2nnc(SCC(=O)Nc3cc(C)ccc3C)n2C)c1. The summed E-state index contributed by atoms with van der Waals surface area (Å²) in [4.78, 5) is 24.9. The monoisotopic (exact) mass is 437 g/mol. The van der Waals surface area contributed by atoms with Crippen molar-refractivity contribution in [3.63, 3.8) is 0 Å². The smallest absolute Gasteiger partial charge is 0.251 e. The first kappa shape index (κ1) is 22.6. The third kappa shape index (κ3) is 5.73. The Labute approximate surface area is 186 Å². The van der Waals surface area contributed by atoms with Crippen LogP contribution in [0.2, 0.25) is 0 Å². The standard InChI is InChI=1S/C23H27N5O2S/c1-14-7-6-8-18(11-14)22(30)24-17(4)21-26-27-23(28(21)5)31-13-20(29)25-19-12-15(2)9-10-16(19)3/h6-12,17H,13H2,1-5H3,(H,24,30)(H,25,29)/t17-/m0/s1. The zero-order valence-electron chi connectivity index (χ0n) is 18.4. The van der Waals surface area contributed by atoms with Crippen molar-refractivity contribution in [3.05, 3.63) is 70.5 Å². The highest BCUT2D eigenvalue weighted by atomic mass is 32.2. The predicted octanol–water partition coefficient (Wildman–Crippen LogP) is 3.96. The average Bonchev–Trinajstić information content (AvgIpc) is 3.09. The van der Waals surface area contributed by atoms with Crippen molar-refractivity contribution in [2.75, 3.05) is 11.1 Å². The van der Waals surface area contributed by atoms with Crippen molar-refractivity contribution in [2.45, 2.75) is 38.9 Å². The molecule has 1 aromatic heterocycles. The fraction of sp³-hybridized carbons (Fsp3) is 0.304. The molecule has 8 heteroatoms. The van der Waals surface area contributed by atoms with Gasteiger partial charge in [-0.2, -0.15) is 0 Å². The Morgan fingerprint density at radius 2 is 1.81 bits per heavy atom. The number of nitrogens with zero attached hydrogens (tertiary/aromatic N) is 3. The van der Waals surface area contributed by atoms with Crippen molar-refractivity contribution in [1.82, 2.24) is 20.1 Å². The number of aryl methyl sites for hydroxylation is 3. The Bertz CT molecular complexity index is 1110. The summed E-state index contributed by atoms with van der Waals surface area (Å²) in [5.74, 6) is 0.562. The van der Waals surface area contributed by atoms with Gasteiger partial charge in [-0.25, -0.2) is 0 Å². The number of rotatable bonds is 7. The number of benzene rings is 2. The number of thioether (sulfide) groups is 1. The minimum atomic E-state index is -0.330. The fourth-order valence-electron chi connectivity index (χ4n) is 3.15. The maximum absolute atomic E-state index is 12.5. The molecule has 3 aromatic rings. The minimum Gasteiger partial charge on any atom is -0.342 e. The van der Waals surface area contributed by atoms with Gasteiger partial charge in [-0.15, -0.1) is 10.2 Å². The highest BCUT2D eigenvalue weighted by molar-refractivity contribution is 7.99. The Morgan fingerprint density at radius 3 is 2.55 bits per heavy atom. The van der Waals surface area contributed by atoms with Crippen LogP contribution >= 0.6 is 11.8 Å². The van der Waals surface area contributed by atoms with Crippen LogP contribution in [0.5, 0.6) is 0 Å². The lowest BCUT2D eigenvalue weighted by atomic mass is 10.1. The molecule has 2 N–H and O–H groups in total. The lowest BCUT2D eigenvalue weighted by Crippen LogP contribution is -2.28. The van der Waals surface area contributed by atoms with E-state index in [0.717, 1.165) is 22.4 Å². The molecule has 2 amide bonds. The molecule has 7 nitrogen and oxygen atoms in total. The summed E-state index contributed by atoms with van der Waals surface area (Å²) in [7, 11) is 1.83. The van der Waals surface area contributed by atoms with Crippen molar-refractivity contribution < 1.29 is 9.59 Å². The van der Waals surface area contributed by atoms with E-state index in [1.807, 2.05) is 71.1 Å². The molecule has 31 heavy (non-hydrogen) atoms. The zero-order valence-corrected chi connectivity index (χ0v) is 19.2. The summed E-state index contributed by atoms with van der Waals surface area (Å²) < 4.78 is 1.80. The third-order valence-electron chi connectivity index (χ3n) is 4.88. The fourth-order valence-corrected chi connectivity index (χ4v) is 3.86. The minimum absolute atomic E-state index is 0.107. The molecule has 0 aliphatic carbocycles. The van der Waals surface area contributed by atoms with Gasteiger partial charge in [0.25, 0.3) is 5.91 Å². The van der Waals surface area contributed by atoms with Crippen LogP contribution in [0.4, 0.5) is 5.69 Å². The number of nitrogens with one attached hydrogen (secondary N) is 2. The van der Waals surface area contributed by atoms with E-state index in [4.69, 9.17) is 0 Å². The molecule has 0 fully saturated rings. The summed E-state index contributed by atoms with van der Waals surface area (Å²) in [6.07, 6.45) is 0. The van der Waals surface area contributed by atoms with Gasteiger partial charge in [0.05, 0.1) is 11.8 Å². The van der Waals surface area contributed by atoms with E-state index in [1.165, 1.54) is 11.8 Å². The third-order valence-corrected chi connectivity index (χ3v) is 5.90. The van der Waals surface area contributed by atoms with Gasteiger partial charge in [0.1, 0.15) is 0 Å². The summed E-state index contributed by atoms with van der Waals surface area (Å²) in [6, 6.07) is 13.0. The molecule has 0 saturated heterocycles. The molecule has 0 aliphatic rings. The lowest BCUT2D eigenvalue weighted by Gasteiger charge is -2.14. The van der Waals surface area contributed by atoms with Gasteiger partial charge in [0.15, 0.2) is 11.0 Å². The first-order valence-electron chi connectivity index (χ1n) is 10.0. The van der Waals surface area contributed by atoms with Gasteiger partial charge in [0, 0.05) is 18.3 Å². The van der Waals surface area contributed by atoms with Crippen LogP contribution in [0.1, 0.15) is 45.8 Å². The van der Waals surface area contributed by atoms with E-state index in [2.05, 4.69) is 20.8 Å². The second-order valence-electron chi connectivity index (χ2n) is 7.62. The van der Waals surface area contributed by atoms with Gasteiger partial charge in [-0.05, 0) is 57.0 Å². The Morgan fingerprint density at radius 1 is 1.06 bits per heavy atom. The first-order chi connectivity index (χ1) is 14.7. The van der Waals surface area contributed by atoms with Gasteiger partial charge in [-0.3, -0.25) is 9.59 Å². The maximum Gasteiger partial charge on any atom is 0.251 e. The van der Waals surface area contributed by atoms with Crippen LogP contribution < -0.4 is 10.6 Å². The first-order valence-corrected chi connectivity index (χ1v) is 11.0. The quantitative estimate of drug-likeness (QED) is 0.546. The highest BCUT2D eigenvalue weighted by Gasteiger charge is 2.19. The second kappa shape index (κ2) is 9.78. The van der Waals surface area contributed by atoms with E-state index < -0.39 is 0 Å². The summed E-state index contributed by atoms with van der Waals surface area (Å²) in [5, 5.41) is 14.9. The molecule has 162 valence electrons. The molecule has 2 aromatic carbocycles. The largest absolute Gasteiger partial charge is 0.342 e. The Balaban J connectivity index is 1.59. The zero-order chi connectivity index (χ0) is 22.5. The summed E-state index contributed by atoms with van der Waals surface area (Å²) in [5.41, 5.74) is 4.55. The Kier molecular flexibility index (Phi) is 7.12. The van der Waals surface area contributed by atoms with Crippen molar-refractivity contribution in [1.29, 1.82) is 0 Å². The van der Waals surface area contributed by atoms with Crippen LogP contribution in [0, 0.1) is 20.8 Å². The molecular weight excluding hydrogens is 410 g/mol. The molecule has 0 spiro atoms. The van der Waals surface area contributed by atoms with E-state index in [9.17, 15) is 9.59 Å². The lowest BCUT2D eigenvalue weighted by molar-refractivity contribution is -0.113. The van der Waals surface area contributed by atoms with E-state index in [0.29, 0.717) is 16.5 Å². The molecule has 3 rings (SSSR count). The Hall–Kier alpha value is -3.13. The van der Waals surface area contributed by atoms with Gasteiger partial charge in [0.2, 0.25) is 5.91 Å². The number of amides is 2. The number of hydrogen-bond acceptors (Lipinski definition) is 5. The predicted molar refractivity (Wildman–Crippen MR) is 123 cm³/mol. The van der Waals surface area contributed by atoms with Crippen molar-refractivity contribution in [3.8, 4) is 0 Å². The number of carbonyl (C=O) groups is 2. The van der Waals surface area contributed by atoms with E-state index in [1.54, 1.807) is 10.6 Å². The van der Waals surface area contributed by atoms with Crippen LogP contribution in [0.3, 0.4) is 0 Å².